The van der Waals surface area contributed by atoms with Gasteiger partial charge in [0, 0.05) is 25.0 Å². The summed E-state index contributed by atoms with van der Waals surface area (Å²) < 4.78 is 1.17. The van der Waals surface area contributed by atoms with Gasteiger partial charge in [-0.15, -0.1) is 22.7 Å². The molecule has 0 aliphatic heterocycles. The van der Waals surface area contributed by atoms with Crippen LogP contribution in [0.15, 0.2) is 15.2 Å². The maximum atomic E-state index is 5.81. The molecule has 0 spiro atoms. The minimum absolute atomic E-state index is 0.423. The van der Waals surface area contributed by atoms with Gasteiger partial charge in [0.1, 0.15) is 0 Å². The summed E-state index contributed by atoms with van der Waals surface area (Å²) in [4.78, 5) is 8.12. The second kappa shape index (κ2) is 6.35. The van der Waals surface area contributed by atoms with Crippen LogP contribution in [0, 0.1) is 0 Å². The summed E-state index contributed by atoms with van der Waals surface area (Å²) in [5.74, 6) is 0.423. The van der Waals surface area contributed by atoms with Crippen molar-refractivity contribution in [1.29, 1.82) is 0 Å². The van der Waals surface area contributed by atoms with Gasteiger partial charge in [-0.3, -0.25) is 0 Å². The normalized spacial score (nSPS) is 11.3. The Kier molecular flexibility index (Phi) is 5.00. The van der Waals surface area contributed by atoms with Gasteiger partial charge >= 0.3 is 0 Å². The molecular formula is C13H18BrN3S2. The number of rotatable bonds is 5. The summed E-state index contributed by atoms with van der Waals surface area (Å²) in [6, 6.07) is 2.15. The lowest BCUT2D eigenvalue weighted by Gasteiger charge is -2.14. The average molecular weight is 360 g/mol. The largest absolute Gasteiger partial charge is 0.347 e. The fourth-order valence-corrected chi connectivity index (χ4v) is 4.14. The minimum Gasteiger partial charge on any atom is -0.347 e. The molecule has 3 nitrogen and oxygen atoms in total. The van der Waals surface area contributed by atoms with Crippen molar-refractivity contribution < 1.29 is 0 Å². The predicted molar refractivity (Wildman–Crippen MR) is 88.2 cm³/mol. The molecule has 0 aliphatic rings. The lowest BCUT2D eigenvalue weighted by Crippen LogP contribution is -2.15. The lowest BCUT2D eigenvalue weighted by molar-refractivity contribution is 0.805. The molecule has 0 unspecified atom stereocenters. The Morgan fingerprint density at radius 1 is 1.47 bits per heavy atom. The number of hydrogen-bond donors (Lipinski definition) is 1. The molecule has 2 N–H and O–H groups in total. The Balaban J connectivity index is 2.17. The van der Waals surface area contributed by atoms with Crippen LogP contribution in [0.25, 0.3) is 0 Å². The van der Waals surface area contributed by atoms with Gasteiger partial charge < -0.3 is 10.6 Å². The highest BCUT2D eigenvalue weighted by molar-refractivity contribution is 9.11. The van der Waals surface area contributed by atoms with Gasteiger partial charge in [0.2, 0.25) is 0 Å². The molecular weight excluding hydrogens is 342 g/mol. The Labute approximate surface area is 130 Å². The number of nitrogens with two attached hydrogens (primary N) is 1. The molecule has 2 aromatic rings. The molecule has 0 saturated carbocycles. The highest BCUT2D eigenvalue weighted by atomic mass is 79.9. The van der Waals surface area contributed by atoms with Crippen LogP contribution in [-0.2, 0) is 13.1 Å². The highest BCUT2D eigenvalue weighted by Gasteiger charge is 2.15. The molecule has 104 valence electrons. The van der Waals surface area contributed by atoms with E-state index in [-0.39, 0.29) is 0 Å². The first-order chi connectivity index (χ1) is 9.01. The van der Waals surface area contributed by atoms with Crippen LogP contribution in [0.5, 0.6) is 0 Å². The number of aromatic nitrogens is 1. The summed E-state index contributed by atoms with van der Waals surface area (Å²) in [5.41, 5.74) is 8.25. The molecule has 0 bridgehead atoms. The van der Waals surface area contributed by atoms with Crippen LogP contribution >= 0.6 is 38.6 Å². The third-order valence-electron chi connectivity index (χ3n) is 2.82. The zero-order valence-corrected chi connectivity index (χ0v) is 14.5. The Morgan fingerprint density at radius 2 is 2.21 bits per heavy atom. The van der Waals surface area contributed by atoms with E-state index in [1.54, 1.807) is 22.7 Å². The fourth-order valence-electron chi connectivity index (χ4n) is 1.88. The van der Waals surface area contributed by atoms with Crippen LogP contribution in [0.1, 0.15) is 35.9 Å². The first-order valence-electron chi connectivity index (χ1n) is 6.15. The minimum atomic E-state index is 0.423. The zero-order chi connectivity index (χ0) is 14.0. The van der Waals surface area contributed by atoms with Crippen molar-refractivity contribution in [3.05, 3.63) is 31.4 Å². The monoisotopic (exact) mass is 359 g/mol. The standard InChI is InChI=1S/C13H18BrN3S2/c1-8(2)12-10(5-15)19-13(16-12)17(3)6-9-4-11(14)18-7-9/h4,7-8H,5-6,15H2,1-3H3. The van der Waals surface area contributed by atoms with Gasteiger partial charge in [-0.05, 0) is 38.9 Å². The second-order valence-corrected chi connectivity index (χ2v) is 8.13. The van der Waals surface area contributed by atoms with Crippen molar-refractivity contribution in [2.24, 2.45) is 5.73 Å². The summed E-state index contributed by atoms with van der Waals surface area (Å²) in [6.45, 7) is 5.77. The molecule has 0 aromatic carbocycles. The van der Waals surface area contributed by atoms with E-state index in [4.69, 9.17) is 10.7 Å². The maximum absolute atomic E-state index is 5.81. The lowest BCUT2D eigenvalue weighted by atomic mass is 10.1. The summed E-state index contributed by atoms with van der Waals surface area (Å²) in [5, 5.41) is 3.22. The van der Waals surface area contributed by atoms with Gasteiger partial charge in [-0.25, -0.2) is 4.98 Å². The second-order valence-electron chi connectivity index (χ2n) is 4.78. The van der Waals surface area contributed by atoms with Crippen LogP contribution in [0.3, 0.4) is 0 Å². The van der Waals surface area contributed by atoms with Crippen molar-refractivity contribution in [3.8, 4) is 0 Å². The summed E-state index contributed by atoms with van der Waals surface area (Å²) in [6.07, 6.45) is 0. The number of nitrogens with zero attached hydrogens (tertiary/aromatic N) is 2. The van der Waals surface area contributed by atoms with E-state index in [0.717, 1.165) is 17.4 Å². The van der Waals surface area contributed by atoms with Gasteiger partial charge in [0.25, 0.3) is 0 Å². The van der Waals surface area contributed by atoms with E-state index in [1.165, 1.54) is 14.2 Å². The van der Waals surface area contributed by atoms with Gasteiger partial charge in [-0.2, -0.15) is 0 Å². The van der Waals surface area contributed by atoms with E-state index in [1.807, 2.05) is 0 Å². The molecule has 0 atom stereocenters. The molecule has 0 fully saturated rings. The number of hydrogen-bond acceptors (Lipinski definition) is 5. The summed E-state index contributed by atoms with van der Waals surface area (Å²) >= 11 is 6.91. The van der Waals surface area contributed by atoms with E-state index in [9.17, 15) is 0 Å². The third kappa shape index (κ3) is 3.56. The van der Waals surface area contributed by atoms with Crippen LogP contribution in [0.2, 0.25) is 0 Å². The van der Waals surface area contributed by atoms with Crippen molar-refractivity contribution in [2.75, 3.05) is 11.9 Å². The quantitative estimate of drug-likeness (QED) is 0.870. The Hall–Kier alpha value is -0.430. The van der Waals surface area contributed by atoms with E-state index in [0.29, 0.717) is 12.5 Å². The van der Waals surface area contributed by atoms with Crippen molar-refractivity contribution in [1.82, 2.24) is 4.98 Å². The molecule has 2 rings (SSSR count). The van der Waals surface area contributed by atoms with E-state index < -0.39 is 0 Å². The molecule has 0 amide bonds. The Bertz CT molecular complexity index is 548. The SMILES string of the molecule is CC(C)c1nc(N(C)Cc2csc(Br)c2)sc1CN. The number of halogens is 1. The number of thiophene rings is 1. The zero-order valence-electron chi connectivity index (χ0n) is 11.3. The van der Waals surface area contributed by atoms with E-state index in [2.05, 4.69) is 53.2 Å². The first-order valence-corrected chi connectivity index (χ1v) is 8.64. The first kappa shape index (κ1) is 15.0. The van der Waals surface area contributed by atoms with Gasteiger partial charge in [0.15, 0.2) is 5.13 Å². The molecule has 19 heavy (non-hydrogen) atoms. The fraction of sp³-hybridized carbons (Fsp3) is 0.462. The molecule has 2 heterocycles. The molecule has 0 radical (unpaired) electrons. The highest BCUT2D eigenvalue weighted by Crippen LogP contribution is 2.31. The number of thiazole rings is 1. The van der Waals surface area contributed by atoms with Crippen molar-refractivity contribution >= 4 is 43.7 Å². The average Bonchev–Trinajstić information content (AvgIpc) is 2.95. The molecule has 0 aliphatic carbocycles. The molecule has 6 heteroatoms. The van der Waals surface area contributed by atoms with Gasteiger partial charge in [0.05, 0.1) is 9.48 Å². The Morgan fingerprint density at radius 3 is 2.68 bits per heavy atom. The molecule has 0 saturated heterocycles. The van der Waals surface area contributed by atoms with Crippen LogP contribution in [-0.4, -0.2) is 12.0 Å². The van der Waals surface area contributed by atoms with Crippen LogP contribution < -0.4 is 10.6 Å². The topological polar surface area (TPSA) is 42.2 Å². The number of anilines is 1. The smallest absolute Gasteiger partial charge is 0.185 e. The molecule has 2 aromatic heterocycles. The van der Waals surface area contributed by atoms with Crippen LogP contribution in [0.4, 0.5) is 5.13 Å². The third-order valence-corrected chi connectivity index (χ3v) is 5.58. The maximum Gasteiger partial charge on any atom is 0.185 e. The van der Waals surface area contributed by atoms with Crippen molar-refractivity contribution in [2.45, 2.75) is 32.9 Å². The van der Waals surface area contributed by atoms with E-state index >= 15 is 0 Å². The van der Waals surface area contributed by atoms with Crippen molar-refractivity contribution in [3.63, 3.8) is 0 Å². The van der Waals surface area contributed by atoms with Gasteiger partial charge in [-0.1, -0.05) is 13.8 Å². The summed E-state index contributed by atoms with van der Waals surface area (Å²) in [7, 11) is 2.08. The predicted octanol–water partition coefficient (Wildman–Crippen LogP) is 4.19.